The molecular formula is C18H20F6N4O3S. The summed E-state index contributed by atoms with van der Waals surface area (Å²) >= 11 is 0.553. The third kappa shape index (κ3) is 8.49. The minimum absolute atomic E-state index is 0.259. The predicted molar refractivity (Wildman–Crippen MR) is 106 cm³/mol. The minimum Gasteiger partial charge on any atom is -0.466 e. The Morgan fingerprint density at radius 1 is 1.00 bits per heavy atom. The summed E-state index contributed by atoms with van der Waals surface area (Å²) in [4.78, 5) is 7.16. The Kier molecular flexibility index (Phi) is 8.66. The maximum atomic E-state index is 12.6. The number of anilines is 2. The van der Waals surface area contributed by atoms with Crippen LogP contribution in [0.5, 0.6) is 11.8 Å². The van der Waals surface area contributed by atoms with Crippen molar-refractivity contribution in [2.24, 2.45) is 0 Å². The smallest absolute Gasteiger partial charge is 0.422 e. The zero-order valence-corrected chi connectivity index (χ0v) is 17.9. The first-order chi connectivity index (χ1) is 14.9. The summed E-state index contributed by atoms with van der Waals surface area (Å²) in [5, 5.41) is 0. The highest BCUT2D eigenvalue weighted by atomic mass is 32.2. The number of hydrogen-bond donors (Lipinski definition) is 1. The highest BCUT2D eigenvalue weighted by molar-refractivity contribution is 7.96. The molecule has 0 aliphatic carbocycles. The van der Waals surface area contributed by atoms with Crippen molar-refractivity contribution in [2.75, 3.05) is 30.0 Å². The molecule has 0 aliphatic heterocycles. The molecule has 1 heterocycles. The molecule has 0 saturated carbocycles. The molecule has 0 aliphatic rings. The van der Waals surface area contributed by atoms with Crippen molar-refractivity contribution in [3.05, 3.63) is 36.2 Å². The second-order valence-electron chi connectivity index (χ2n) is 6.68. The lowest BCUT2D eigenvalue weighted by Gasteiger charge is -2.22. The number of nitrogens with one attached hydrogen (secondary N) is 1. The number of benzene rings is 1. The van der Waals surface area contributed by atoms with E-state index in [1.165, 1.54) is 7.05 Å². The van der Waals surface area contributed by atoms with Crippen molar-refractivity contribution in [1.29, 1.82) is 0 Å². The van der Waals surface area contributed by atoms with Gasteiger partial charge in [0.2, 0.25) is 11.8 Å². The van der Waals surface area contributed by atoms with Gasteiger partial charge in [0.15, 0.2) is 18.9 Å². The highest BCUT2D eigenvalue weighted by Gasteiger charge is 2.32. The predicted octanol–water partition coefficient (Wildman–Crippen LogP) is 5.53. The first kappa shape index (κ1) is 25.6. The lowest BCUT2D eigenvalue weighted by atomic mass is 10.0. The van der Waals surface area contributed by atoms with Crippen LogP contribution in [0.15, 0.2) is 30.6 Å². The van der Waals surface area contributed by atoms with Crippen molar-refractivity contribution in [2.45, 2.75) is 32.1 Å². The van der Waals surface area contributed by atoms with Gasteiger partial charge in [0.25, 0.3) is 0 Å². The van der Waals surface area contributed by atoms with Crippen LogP contribution in [0.3, 0.4) is 0 Å². The molecule has 2 aromatic rings. The van der Waals surface area contributed by atoms with Gasteiger partial charge < -0.3 is 9.47 Å². The molecular weight excluding hydrogens is 466 g/mol. The number of nitrogens with zero attached hydrogens (tertiary/aromatic N) is 3. The zero-order valence-electron chi connectivity index (χ0n) is 17.1. The van der Waals surface area contributed by atoms with Gasteiger partial charge in [0.1, 0.15) is 18.6 Å². The van der Waals surface area contributed by atoms with Crippen molar-refractivity contribution < 1.29 is 40.1 Å². The van der Waals surface area contributed by atoms with Crippen LogP contribution in [0.25, 0.3) is 0 Å². The summed E-state index contributed by atoms with van der Waals surface area (Å²) in [5.74, 6) is -1.000. The number of alkyl halides is 6. The molecule has 1 N–H and O–H groups in total. The van der Waals surface area contributed by atoms with Crippen molar-refractivity contribution in [3.63, 3.8) is 0 Å². The molecule has 7 nitrogen and oxygen atoms in total. The van der Waals surface area contributed by atoms with E-state index < -0.39 is 37.3 Å². The molecule has 0 amide bonds. The Hall–Kier alpha value is -2.61. The fourth-order valence-electron chi connectivity index (χ4n) is 2.25. The van der Waals surface area contributed by atoms with Gasteiger partial charge >= 0.3 is 12.4 Å². The number of ether oxygens (including phenoxy) is 2. The first-order valence-electron chi connectivity index (χ1n) is 9.03. The largest absolute Gasteiger partial charge is 0.466 e. The van der Waals surface area contributed by atoms with Crippen LogP contribution in [0.1, 0.15) is 25.3 Å². The van der Waals surface area contributed by atoms with E-state index in [0.29, 0.717) is 17.9 Å². The number of rotatable bonds is 10. The summed E-state index contributed by atoms with van der Waals surface area (Å²) in [7, 11) is 1.30. The van der Waals surface area contributed by atoms with E-state index in [-0.39, 0.29) is 11.6 Å². The Bertz CT molecular complexity index is 846. The molecule has 1 aromatic carbocycles. The van der Waals surface area contributed by atoms with Crippen LogP contribution < -0.4 is 19.3 Å². The molecule has 0 saturated heterocycles. The van der Waals surface area contributed by atoms with E-state index in [2.05, 4.69) is 24.9 Å². The van der Waals surface area contributed by atoms with Gasteiger partial charge in [-0.25, -0.2) is 0 Å². The summed E-state index contributed by atoms with van der Waals surface area (Å²) < 4.78 is 90.9. The fraction of sp³-hybridized carbons (Fsp3) is 0.444. The van der Waals surface area contributed by atoms with Crippen molar-refractivity contribution >= 4 is 23.6 Å². The molecule has 2 rings (SSSR count). The fourth-order valence-corrected chi connectivity index (χ4v) is 2.73. The quantitative estimate of drug-likeness (QED) is 0.204. The van der Waals surface area contributed by atoms with Gasteiger partial charge in [0.05, 0.1) is 5.69 Å². The van der Waals surface area contributed by atoms with Gasteiger partial charge in [-0.05, 0) is 23.6 Å². The Labute approximate surface area is 184 Å². The molecule has 0 atom stereocenters. The molecule has 0 radical (unpaired) electrons. The molecule has 32 heavy (non-hydrogen) atoms. The Balaban J connectivity index is 2.16. The second-order valence-corrected chi connectivity index (χ2v) is 7.54. The van der Waals surface area contributed by atoms with Crippen LogP contribution in [0.2, 0.25) is 0 Å². The lowest BCUT2D eigenvalue weighted by Crippen LogP contribution is -2.23. The van der Waals surface area contributed by atoms with Crippen LogP contribution in [0, 0.1) is 0 Å². The highest BCUT2D eigenvalue weighted by Crippen LogP contribution is 2.38. The minimum atomic E-state index is -4.69. The summed E-state index contributed by atoms with van der Waals surface area (Å²) in [5.41, 5.74) is 3.87. The van der Waals surface area contributed by atoms with Crippen LogP contribution in [0.4, 0.5) is 37.7 Å². The number of aromatic nitrogens is 2. The lowest BCUT2D eigenvalue weighted by molar-refractivity contribution is -0.154. The first-order valence-corrected chi connectivity index (χ1v) is 9.73. The van der Waals surface area contributed by atoms with Crippen LogP contribution in [-0.2, 0) is 4.28 Å². The summed E-state index contributed by atoms with van der Waals surface area (Å²) in [6.45, 7) is 0.580. The summed E-state index contributed by atoms with van der Waals surface area (Å²) in [6, 6.07) is 7.26. The van der Waals surface area contributed by atoms with E-state index >= 15 is 0 Å². The third-order valence-electron chi connectivity index (χ3n) is 3.68. The monoisotopic (exact) mass is 486 g/mol. The van der Waals surface area contributed by atoms with E-state index in [1.54, 1.807) is 12.1 Å². The van der Waals surface area contributed by atoms with E-state index in [0.717, 1.165) is 16.2 Å². The Morgan fingerprint density at radius 2 is 1.56 bits per heavy atom. The SMILES string of the molecule is CC(C)c1cccc(NOSN(C)c2c(OCC(F)(F)F)ncnc2OCC(F)(F)F)c1. The average Bonchev–Trinajstić information content (AvgIpc) is 2.69. The van der Waals surface area contributed by atoms with Gasteiger partial charge in [-0.15, -0.1) is 0 Å². The maximum Gasteiger partial charge on any atom is 0.422 e. The van der Waals surface area contributed by atoms with Gasteiger partial charge in [-0.3, -0.25) is 9.79 Å². The average molecular weight is 486 g/mol. The topological polar surface area (TPSA) is 68.7 Å². The zero-order chi connectivity index (χ0) is 23.9. The van der Waals surface area contributed by atoms with E-state index in [9.17, 15) is 26.3 Å². The van der Waals surface area contributed by atoms with Crippen LogP contribution >= 0.6 is 12.2 Å². The number of hydrogen-bond acceptors (Lipinski definition) is 8. The molecule has 178 valence electrons. The molecule has 0 unspecified atom stereocenters. The molecule has 0 fully saturated rings. The van der Waals surface area contributed by atoms with Gasteiger partial charge in [0, 0.05) is 7.05 Å². The molecule has 0 bridgehead atoms. The number of halogens is 6. The van der Waals surface area contributed by atoms with E-state index in [1.807, 2.05) is 26.0 Å². The maximum absolute atomic E-state index is 12.6. The van der Waals surface area contributed by atoms with Gasteiger partial charge in [-0.1, -0.05) is 26.0 Å². The standard InChI is InChI=1S/C18H20F6N4O3S/c1-11(2)12-5-4-6-13(7-12)27-31-32-28(3)14-15(29-8-17(19,20)21)25-10-26-16(14)30-9-18(22,23)24/h4-7,10-11,27H,8-9H2,1-3H3. The van der Waals surface area contributed by atoms with Crippen molar-refractivity contribution in [1.82, 2.24) is 9.97 Å². The summed E-state index contributed by atoms with van der Waals surface area (Å²) in [6.07, 6.45) is -8.66. The normalized spacial score (nSPS) is 12.1. The Morgan fingerprint density at radius 3 is 2.06 bits per heavy atom. The van der Waals surface area contributed by atoms with E-state index in [4.69, 9.17) is 4.28 Å². The molecule has 14 heteroatoms. The van der Waals surface area contributed by atoms with Crippen LogP contribution in [-0.4, -0.2) is 42.6 Å². The van der Waals surface area contributed by atoms with Gasteiger partial charge in [-0.2, -0.15) is 40.6 Å². The van der Waals surface area contributed by atoms with Crippen molar-refractivity contribution in [3.8, 4) is 11.8 Å². The molecule has 1 aromatic heterocycles. The molecule has 0 spiro atoms. The third-order valence-corrected chi connectivity index (χ3v) is 4.24. The second kappa shape index (κ2) is 10.8.